The van der Waals surface area contributed by atoms with Gasteiger partial charge in [0.1, 0.15) is 12.4 Å². The molecule has 0 bridgehead atoms. The monoisotopic (exact) mass is 380 g/mol. The summed E-state index contributed by atoms with van der Waals surface area (Å²) in [6, 6.07) is 15.8. The largest absolute Gasteiger partial charge is 0.491 e. The van der Waals surface area contributed by atoms with Crippen molar-refractivity contribution in [3.8, 4) is 5.75 Å². The van der Waals surface area contributed by atoms with Gasteiger partial charge in [0.05, 0.1) is 6.04 Å². The predicted octanol–water partition coefficient (Wildman–Crippen LogP) is 4.42. The van der Waals surface area contributed by atoms with Crippen LogP contribution in [0.3, 0.4) is 0 Å². The Kier molecular flexibility index (Phi) is 7.10. The molecule has 1 saturated heterocycles. The van der Waals surface area contributed by atoms with Crippen LogP contribution in [0.2, 0.25) is 0 Å². The standard InChI is InChI=1S/C24H32N2O2/c1-18-12-14-26(15-13-18)16-21-8-10-22(11-9-21)24(27)25-20(3)17-28-23-7-5-4-6-19(23)2/h4-11,18,20H,12-17H2,1-3H3,(H,25,27)/t20-/m0/s1. The third-order valence-electron chi connectivity index (χ3n) is 5.46. The summed E-state index contributed by atoms with van der Waals surface area (Å²) in [5.41, 5.74) is 3.06. The minimum atomic E-state index is -0.0675. The number of nitrogens with zero attached hydrogens (tertiary/aromatic N) is 1. The fourth-order valence-electron chi connectivity index (χ4n) is 3.52. The van der Waals surface area contributed by atoms with Crippen molar-refractivity contribution in [3.63, 3.8) is 0 Å². The Balaban J connectivity index is 1.46. The first-order valence-electron chi connectivity index (χ1n) is 10.3. The number of hydrogen-bond donors (Lipinski definition) is 1. The maximum Gasteiger partial charge on any atom is 0.251 e. The Morgan fingerprint density at radius 2 is 1.82 bits per heavy atom. The molecule has 0 aliphatic carbocycles. The van der Waals surface area contributed by atoms with Crippen molar-refractivity contribution in [2.45, 2.75) is 46.2 Å². The minimum Gasteiger partial charge on any atom is -0.491 e. The Morgan fingerprint density at radius 1 is 1.14 bits per heavy atom. The number of aryl methyl sites for hydroxylation is 1. The molecule has 1 aliphatic rings. The van der Waals surface area contributed by atoms with Gasteiger partial charge in [0, 0.05) is 12.1 Å². The van der Waals surface area contributed by atoms with Crippen LogP contribution < -0.4 is 10.1 Å². The van der Waals surface area contributed by atoms with Crippen LogP contribution in [0.5, 0.6) is 5.75 Å². The van der Waals surface area contributed by atoms with Gasteiger partial charge in [-0.05, 0) is 75.0 Å². The Bertz CT molecular complexity index is 764. The summed E-state index contributed by atoms with van der Waals surface area (Å²) in [4.78, 5) is 15.0. The van der Waals surface area contributed by atoms with Crippen LogP contribution in [-0.4, -0.2) is 36.5 Å². The number of carbonyl (C=O) groups is 1. The van der Waals surface area contributed by atoms with Gasteiger partial charge in [0.15, 0.2) is 0 Å². The number of ether oxygens (including phenoxy) is 1. The van der Waals surface area contributed by atoms with Gasteiger partial charge in [-0.25, -0.2) is 0 Å². The fourth-order valence-corrected chi connectivity index (χ4v) is 3.52. The molecule has 150 valence electrons. The molecule has 1 aliphatic heterocycles. The molecule has 4 nitrogen and oxygen atoms in total. The molecule has 1 N–H and O–H groups in total. The first-order chi connectivity index (χ1) is 13.5. The molecule has 0 radical (unpaired) electrons. The number of hydrogen-bond acceptors (Lipinski definition) is 3. The van der Waals surface area contributed by atoms with Gasteiger partial charge in [-0.1, -0.05) is 37.3 Å². The summed E-state index contributed by atoms with van der Waals surface area (Å²) < 4.78 is 5.83. The number of rotatable bonds is 7. The highest BCUT2D eigenvalue weighted by Gasteiger charge is 2.16. The summed E-state index contributed by atoms with van der Waals surface area (Å²) in [7, 11) is 0. The first kappa shape index (κ1) is 20.4. The highest BCUT2D eigenvalue weighted by molar-refractivity contribution is 5.94. The maximum absolute atomic E-state index is 12.5. The lowest BCUT2D eigenvalue weighted by molar-refractivity contribution is 0.0926. The lowest BCUT2D eigenvalue weighted by Crippen LogP contribution is -2.36. The van der Waals surface area contributed by atoms with Gasteiger partial charge in [-0.2, -0.15) is 0 Å². The van der Waals surface area contributed by atoms with Crippen molar-refractivity contribution in [1.29, 1.82) is 0 Å². The molecule has 1 fully saturated rings. The van der Waals surface area contributed by atoms with Gasteiger partial charge in [-0.15, -0.1) is 0 Å². The first-order valence-corrected chi connectivity index (χ1v) is 10.3. The zero-order valence-electron chi connectivity index (χ0n) is 17.3. The molecule has 0 aromatic heterocycles. The lowest BCUT2D eigenvalue weighted by Gasteiger charge is -2.30. The number of amides is 1. The summed E-state index contributed by atoms with van der Waals surface area (Å²) in [5, 5.41) is 3.02. The molecule has 4 heteroatoms. The Morgan fingerprint density at radius 3 is 2.50 bits per heavy atom. The van der Waals surface area contributed by atoms with E-state index in [1.807, 2.05) is 50.2 Å². The molecule has 1 heterocycles. The van der Waals surface area contributed by atoms with Crippen molar-refractivity contribution < 1.29 is 9.53 Å². The second-order valence-corrected chi connectivity index (χ2v) is 8.11. The molecule has 2 aromatic rings. The maximum atomic E-state index is 12.5. The Labute approximate surface area is 168 Å². The average Bonchev–Trinajstić information content (AvgIpc) is 2.69. The molecule has 28 heavy (non-hydrogen) atoms. The van der Waals surface area contributed by atoms with Crippen LogP contribution in [0, 0.1) is 12.8 Å². The van der Waals surface area contributed by atoms with Crippen LogP contribution in [0.25, 0.3) is 0 Å². The van der Waals surface area contributed by atoms with E-state index in [-0.39, 0.29) is 11.9 Å². The summed E-state index contributed by atoms with van der Waals surface area (Å²) in [6.45, 7) is 10.1. The van der Waals surface area contributed by atoms with E-state index in [0.717, 1.165) is 23.8 Å². The number of para-hydroxylation sites is 1. The van der Waals surface area contributed by atoms with E-state index < -0.39 is 0 Å². The summed E-state index contributed by atoms with van der Waals surface area (Å²) >= 11 is 0. The second-order valence-electron chi connectivity index (χ2n) is 8.11. The van der Waals surface area contributed by atoms with E-state index in [1.54, 1.807) is 0 Å². The zero-order chi connectivity index (χ0) is 19.9. The fraction of sp³-hybridized carbons (Fsp3) is 0.458. The molecule has 2 aromatic carbocycles. The smallest absolute Gasteiger partial charge is 0.251 e. The molecular formula is C24H32N2O2. The number of benzene rings is 2. The highest BCUT2D eigenvalue weighted by atomic mass is 16.5. The normalized spacial score (nSPS) is 16.5. The molecule has 1 atom stereocenters. The van der Waals surface area contributed by atoms with Crippen molar-refractivity contribution >= 4 is 5.91 Å². The predicted molar refractivity (Wildman–Crippen MR) is 114 cm³/mol. The minimum absolute atomic E-state index is 0.0563. The van der Waals surface area contributed by atoms with Crippen molar-refractivity contribution in [2.24, 2.45) is 5.92 Å². The number of likely N-dealkylation sites (tertiary alicyclic amines) is 1. The molecular weight excluding hydrogens is 348 g/mol. The summed E-state index contributed by atoms with van der Waals surface area (Å²) in [5.74, 6) is 1.65. The van der Waals surface area contributed by atoms with E-state index in [2.05, 4.69) is 29.3 Å². The van der Waals surface area contributed by atoms with E-state index in [1.165, 1.54) is 31.5 Å². The van der Waals surface area contributed by atoms with Crippen molar-refractivity contribution in [3.05, 3.63) is 65.2 Å². The van der Waals surface area contributed by atoms with Gasteiger partial charge in [0.25, 0.3) is 5.91 Å². The molecule has 0 unspecified atom stereocenters. The quantitative estimate of drug-likeness (QED) is 0.773. The SMILES string of the molecule is Cc1ccccc1OC[C@H](C)NC(=O)c1ccc(CN2CCC(C)CC2)cc1. The molecule has 1 amide bonds. The molecule has 0 saturated carbocycles. The van der Waals surface area contributed by atoms with Gasteiger partial charge >= 0.3 is 0 Å². The molecule has 3 rings (SSSR count). The second kappa shape index (κ2) is 9.74. The number of nitrogens with one attached hydrogen (secondary N) is 1. The Hall–Kier alpha value is -2.33. The lowest BCUT2D eigenvalue weighted by atomic mass is 9.99. The van der Waals surface area contributed by atoms with Crippen LogP contribution >= 0.6 is 0 Å². The van der Waals surface area contributed by atoms with Crippen molar-refractivity contribution in [2.75, 3.05) is 19.7 Å². The van der Waals surface area contributed by atoms with Gasteiger partial charge in [-0.3, -0.25) is 9.69 Å². The topological polar surface area (TPSA) is 41.6 Å². The van der Waals surface area contributed by atoms with Crippen LogP contribution in [-0.2, 0) is 6.54 Å². The van der Waals surface area contributed by atoms with E-state index in [0.29, 0.717) is 12.2 Å². The highest BCUT2D eigenvalue weighted by Crippen LogP contribution is 2.18. The van der Waals surface area contributed by atoms with Gasteiger partial charge < -0.3 is 10.1 Å². The molecule has 0 spiro atoms. The average molecular weight is 381 g/mol. The number of piperidine rings is 1. The van der Waals surface area contributed by atoms with Crippen LogP contribution in [0.1, 0.15) is 48.2 Å². The van der Waals surface area contributed by atoms with Gasteiger partial charge in [0.2, 0.25) is 0 Å². The van der Waals surface area contributed by atoms with Crippen LogP contribution in [0.4, 0.5) is 0 Å². The summed E-state index contributed by atoms with van der Waals surface area (Å²) in [6.07, 6.45) is 2.56. The number of carbonyl (C=O) groups excluding carboxylic acids is 1. The van der Waals surface area contributed by atoms with Crippen LogP contribution in [0.15, 0.2) is 48.5 Å². The zero-order valence-corrected chi connectivity index (χ0v) is 17.3. The van der Waals surface area contributed by atoms with E-state index in [9.17, 15) is 4.79 Å². The van der Waals surface area contributed by atoms with E-state index in [4.69, 9.17) is 4.74 Å². The third-order valence-corrected chi connectivity index (χ3v) is 5.46. The van der Waals surface area contributed by atoms with Crippen molar-refractivity contribution in [1.82, 2.24) is 10.2 Å². The van der Waals surface area contributed by atoms with E-state index >= 15 is 0 Å². The third kappa shape index (κ3) is 5.83.